The first-order chi connectivity index (χ1) is 17.4. The van der Waals surface area contributed by atoms with Crippen molar-refractivity contribution in [2.24, 2.45) is 5.16 Å². The molecule has 1 N–H and O–H groups in total. The van der Waals surface area contributed by atoms with E-state index in [1.54, 1.807) is 18.5 Å². The molecule has 1 saturated carbocycles. The summed E-state index contributed by atoms with van der Waals surface area (Å²) in [7, 11) is -1.90. The van der Waals surface area contributed by atoms with E-state index in [1.807, 2.05) is 0 Å². The van der Waals surface area contributed by atoms with Crippen LogP contribution in [-0.2, 0) is 26.1 Å². The molecule has 0 bridgehead atoms. The minimum Gasteiger partial charge on any atom is -0.480 e. The predicted octanol–water partition coefficient (Wildman–Crippen LogP) is 2.38. The minimum atomic E-state index is -3.37. The highest BCUT2D eigenvalue weighted by Gasteiger charge is 2.36. The zero-order valence-corrected chi connectivity index (χ0v) is 20.5. The molecule has 0 saturated heterocycles. The number of oxime groups is 1. The van der Waals surface area contributed by atoms with E-state index in [-0.39, 0.29) is 27.6 Å². The Morgan fingerprint density at radius 2 is 1.89 bits per heavy atom. The molecule has 0 radical (unpaired) electrons. The van der Waals surface area contributed by atoms with Crippen LogP contribution < -0.4 is 10.1 Å². The number of sulfone groups is 1. The molecule has 1 aliphatic rings. The summed E-state index contributed by atoms with van der Waals surface area (Å²) in [5.41, 5.74) is 0.621. The van der Waals surface area contributed by atoms with Gasteiger partial charge in [0.2, 0.25) is 5.88 Å². The fourth-order valence-electron chi connectivity index (χ4n) is 3.17. The lowest BCUT2D eigenvalue weighted by molar-refractivity contribution is -0.110. The van der Waals surface area contributed by atoms with Crippen molar-refractivity contribution in [3.63, 3.8) is 0 Å². The van der Waals surface area contributed by atoms with Gasteiger partial charge in [0.25, 0.3) is 5.91 Å². The van der Waals surface area contributed by atoms with Crippen LogP contribution >= 0.6 is 11.3 Å². The van der Waals surface area contributed by atoms with E-state index >= 15 is 0 Å². The first kappa shape index (κ1) is 23.7. The van der Waals surface area contributed by atoms with Gasteiger partial charge in [0.15, 0.2) is 43.6 Å². The summed E-state index contributed by atoms with van der Waals surface area (Å²) in [6.45, 7) is -0.0689. The van der Waals surface area contributed by atoms with Crippen LogP contribution in [0.3, 0.4) is 0 Å². The highest BCUT2D eigenvalue weighted by Crippen LogP contribution is 2.33. The number of hydrogen-bond donors (Lipinski definition) is 1. The summed E-state index contributed by atoms with van der Waals surface area (Å²) >= 11 is 1.11. The van der Waals surface area contributed by atoms with Crippen molar-refractivity contribution in [3.05, 3.63) is 60.3 Å². The summed E-state index contributed by atoms with van der Waals surface area (Å²) in [4.78, 5) is 40.0. The third-order valence-electron chi connectivity index (χ3n) is 5.13. The van der Waals surface area contributed by atoms with Crippen molar-refractivity contribution < 1.29 is 22.8 Å². The van der Waals surface area contributed by atoms with Gasteiger partial charge in [-0.2, -0.15) is 9.97 Å². The lowest BCUT2D eigenvalue weighted by atomic mass is 10.1. The van der Waals surface area contributed by atoms with E-state index in [9.17, 15) is 13.2 Å². The van der Waals surface area contributed by atoms with Crippen molar-refractivity contribution in [2.75, 3.05) is 12.4 Å². The van der Waals surface area contributed by atoms with Crippen LogP contribution in [0.25, 0.3) is 10.5 Å². The molecule has 4 aromatic rings. The van der Waals surface area contributed by atoms with E-state index in [0.717, 1.165) is 11.3 Å². The normalized spacial score (nSPS) is 14.0. The molecular formula is C22H19N7O5S2. The summed E-state index contributed by atoms with van der Waals surface area (Å²) < 4.78 is 30.1. The third kappa shape index (κ3) is 5.13. The van der Waals surface area contributed by atoms with Crippen LogP contribution in [0, 0.1) is 0 Å². The first-order valence-corrected chi connectivity index (χ1v) is 13.1. The van der Waals surface area contributed by atoms with Crippen LogP contribution in [0.4, 0.5) is 5.13 Å². The van der Waals surface area contributed by atoms with Gasteiger partial charge < -0.3 is 9.57 Å². The van der Waals surface area contributed by atoms with E-state index in [1.165, 1.54) is 37.6 Å². The number of hydrogen-bond acceptors (Lipinski definition) is 12. The molecule has 0 spiro atoms. The number of amides is 1. The number of nitrogens with one attached hydrogen (secondary N) is 1. The molecule has 5 rings (SSSR count). The number of rotatable bonds is 9. The quantitative estimate of drug-likeness (QED) is 0.254. The smallest absolute Gasteiger partial charge is 0.280 e. The van der Waals surface area contributed by atoms with Gasteiger partial charge in [-0.15, -0.1) is 0 Å². The summed E-state index contributed by atoms with van der Waals surface area (Å²) in [6.07, 6.45) is 5.87. The number of carbonyl (C=O) groups excluding carboxylic acids is 1. The Balaban J connectivity index is 1.41. The van der Waals surface area contributed by atoms with Gasteiger partial charge in [-0.25, -0.2) is 23.4 Å². The summed E-state index contributed by atoms with van der Waals surface area (Å²) in [5, 5.41) is 6.59. The highest BCUT2D eigenvalue weighted by molar-refractivity contribution is 7.92. The second-order valence-electron chi connectivity index (χ2n) is 7.66. The van der Waals surface area contributed by atoms with Gasteiger partial charge >= 0.3 is 0 Å². The molecule has 0 unspecified atom stereocenters. The van der Waals surface area contributed by atoms with Crippen LogP contribution in [0.1, 0.15) is 24.2 Å². The van der Waals surface area contributed by atoms with E-state index < -0.39 is 15.7 Å². The number of ether oxygens (including phenoxy) is 1. The molecule has 12 nitrogen and oxygen atoms in total. The number of nitrogens with zero attached hydrogens (tertiary/aromatic N) is 6. The van der Waals surface area contributed by atoms with E-state index in [2.05, 4.69) is 35.4 Å². The Bertz CT molecular complexity index is 1540. The van der Waals surface area contributed by atoms with Gasteiger partial charge in [0.1, 0.15) is 0 Å². The number of methoxy groups -OCH3 is 1. The average Bonchev–Trinajstić information content (AvgIpc) is 3.68. The fourth-order valence-corrected chi connectivity index (χ4v) is 5.61. The summed E-state index contributed by atoms with van der Waals surface area (Å²) in [5.74, 6) is 0.0843. The second kappa shape index (κ2) is 9.91. The standard InChI is InChI=1S/C22H19N7O5S2/c1-33-17-11-25-19-21(26-17)35-22(27-19)28-20(30)18(29-34-12-16-23-9-2-10-24-16)13-3-5-14(6-4-13)36(31,32)15-7-8-15/h2-6,9-11,15H,7-8,12H2,1H3,(H,25,27,28,30). The number of aromatic nitrogens is 5. The van der Waals surface area contributed by atoms with Crippen LogP contribution in [0.2, 0.25) is 0 Å². The first-order valence-electron chi connectivity index (χ1n) is 10.7. The van der Waals surface area contributed by atoms with Crippen molar-refractivity contribution in [1.29, 1.82) is 0 Å². The number of benzene rings is 1. The molecule has 14 heteroatoms. The maximum absolute atomic E-state index is 13.2. The van der Waals surface area contributed by atoms with Crippen LogP contribution in [0.15, 0.2) is 59.0 Å². The molecule has 184 valence electrons. The van der Waals surface area contributed by atoms with Gasteiger partial charge in [-0.3, -0.25) is 10.1 Å². The molecule has 3 aromatic heterocycles. The number of carbonyl (C=O) groups is 1. The van der Waals surface area contributed by atoms with Crippen molar-refractivity contribution in [3.8, 4) is 5.88 Å². The molecule has 3 heterocycles. The van der Waals surface area contributed by atoms with E-state index in [0.29, 0.717) is 40.6 Å². The topological polar surface area (TPSA) is 159 Å². The minimum absolute atomic E-state index is 0.0689. The van der Waals surface area contributed by atoms with Gasteiger partial charge in [0, 0.05) is 18.0 Å². The molecule has 1 aliphatic carbocycles. The maximum atomic E-state index is 13.2. The van der Waals surface area contributed by atoms with E-state index in [4.69, 9.17) is 9.57 Å². The van der Waals surface area contributed by atoms with Gasteiger partial charge in [-0.05, 0) is 31.0 Å². The van der Waals surface area contributed by atoms with Gasteiger partial charge in [0.05, 0.1) is 23.5 Å². The molecule has 1 amide bonds. The summed E-state index contributed by atoms with van der Waals surface area (Å²) in [6, 6.07) is 7.62. The molecule has 36 heavy (non-hydrogen) atoms. The Labute approximate surface area is 209 Å². The highest BCUT2D eigenvalue weighted by atomic mass is 32.2. The Hall–Kier alpha value is -4.04. The average molecular weight is 526 g/mol. The second-order valence-corrected chi connectivity index (χ2v) is 10.9. The lowest BCUT2D eigenvalue weighted by Gasteiger charge is -2.08. The number of anilines is 1. The van der Waals surface area contributed by atoms with Crippen LogP contribution in [0.5, 0.6) is 5.88 Å². The van der Waals surface area contributed by atoms with Crippen molar-refractivity contribution in [1.82, 2.24) is 24.9 Å². The third-order valence-corrected chi connectivity index (χ3v) is 8.27. The Morgan fingerprint density at radius 3 is 2.58 bits per heavy atom. The monoisotopic (exact) mass is 525 g/mol. The fraction of sp³-hybridized carbons (Fsp3) is 0.227. The molecule has 0 atom stereocenters. The Kier molecular flexibility index (Phi) is 6.52. The molecule has 0 aliphatic heterocycles. The zero-order valence-electron chi connectivity index (χ0n) is 18.9. The number of fused-ring (bicyclic) bond motifs is 1. The zero-order chi connectivity index (χ0) is 25.1. The largest absolute Gasteiger partial charge is 0.480 e. The Morgan fingerprint density at radius 1 is 1.14 bits per heavy atom. The maximum Gasteiger partial charge on any atom is 0.280 e. The number of thiazole rings is 1. The predicted molar refractivity (Wildman–Crippen MR) is 130 cm³/mol. The molecular weight excluding hydrogens is 506 g/mol. The molecule has 1 aromatic carbocycles. The van der Waals surface area contributed by atoms with Crippen LogP contribution in [-0.4, -0.2) is 57.3 Å². The van der Waals surface area contributed by atoms with Crippen molar-refractivity contribution in [2.45, 2.75) is 29.6 Å². The van der Waals surface area contributed by atoms with Gasteiger partial charge in [-0.1, -0.05) is 28.6 Å². The SMILES string of the molecule is COc1cnc2nc(NC(=O)C(=NOCc3ncccn3)c3ccc(S(=O)(=O)C4CC4)cc3)sc2n1. The lowest BCUT2D eigenvalue weighted by Crippen LogP contribution is -2.24. The van der Waals surface area contributed by atoms with Crippen molar-refractivity contribution >= 4 is 48.4 Å². The molecule has 1 fully saturated rings.